The van der Waals surface area contributed by atoms with E-state index in [0.29, 0.717) is 22.4 Å². The lowest BCUT2D eigenvalue weighted by Gasteiger charge is -2.30. The zero-order valence-electron chi connectivity index (χ0n) is 17.7. The molecular formula is C26H26ClN3O. The third-order valence-corrected chi connectivity index (χ3v) is 6.76. The molecule has 0 N–H and O–H groups in total. The van der Waals surface area contributed by atoms with Crippen LogP contribution in [-0.4, -0.2) is 33.9 Å². The van der Waals surface area contributed by atoms with E-state index in [-0.39, 0.29) is 5.91 Å². The zero-order valence-corrected chi connectivity index (χ0v) is 18.5. The first kappa shape index (κ1) is 20.2. The maximum absolute atomic E-state index is 12.9. The average Bonchev–Trinajstić information content (AvgIpc) is 3.65. The standard InChI is InChI=1S/C26H26ClN3O/c1-17-7-10-30(11-8-17)26(31)20-4-5-23(24(27)13-20)22-12-21(15-28-16-22)19-6-9-29-25(14-19)18-2-3-18/h4-6,9,12-18H,2-3,7-8,10-11H2,1H3. The number of halogens is 1. The Morgan fingerprint density at radius 1 is 0.968 bits per heavy atom. The molecule has 3 heterocycles. The lowest BCUT2D eigenvalue weighted by Crippen LogP contribution is -2.37. The van der Waals surface area contributed by atoms with Crippen LogP contribution in [0.4, 0.5) is 0 Å². The second-order valence-corrected chi connectivity index (χ2v) is 9.28. The summed E-state index contributed by atoms with van der Waals surface area (Å²) < 4.78 is 0. The van der Waals surface area contributed by atoms with Crippen LogP contribution in [0.3, 0.4) is 0 Å². The van der Waals surface area contributed by atoms with Crippen LogP contribution in [0.2, 0.25) is 5.02 Å². The highest BCUT2D eigenvalue weighted by atomic mass is 35.5. The van der Waals surface area contributed by atoms with Crippen molar-refractivity contribution in [2.24, 2.45) is 5.92 Å². The molecule has 0 spiro atoms. The number of aromatic nitrogens is 2. The van der Waals surface area contributed by atoms with Gasteiger partial charge in [0.2, 0.25) is 0 Å². The molecule has 1 aliphatic heterocycles. The number of benzene rings is 1. The van der Waals surface area contributed by atoms with Gasteiger partial charge in [-0.25, -0.2) is 0 Å². The summed E-state index contributed by atoms with van der Waals surface area (Å²) in [7, 11) is 0. The molecule has 3 aromatic rings. The largest absolute Gasteiger partial charge is 0.339 e. The first-order chi connectivity index (χ1) is 15.1. The Morgan fingerprint density at radius 3 is 2.48 bits per heavy atom. The van der Waals surface area contributed by atoms with Gasteiger partial charge in [0, 0.05) is 70.6 Å². The summed E-state index contributed by atoms with van der Waals surface area (Å²) in [5.74, 6) is 1.37. The number of hydrogen-bond donors (Lipinski definition) is 0. The van der Waals surface area contributed by atoms with Gasteiger partial charge in [0.25, 0.3) is 5.91 Å². The summed E-state index contributed by atoms with van der Waals surface area (Å²) in [6.07, 6.45) is 10.2. The van der Waals surface area contributed by atoms with Crippen LogP contribution in [0, 0.1) is 5.92 Å². The number of nitrogens with zero attached hydrogens (tertiary/aromatic N) is 3. The van der Waals surface area contributed by atoms with Crippen LogP contribution in [0.1, 0.15) is 54.6 Å². The van der Waals surface area contributed by atoms with Crippen LogP contribution in [0.15, 0.2) is 55.0 Å². The molecule has 31 heavy (non-hydrogen) atoms. The number of rotatable bonds is 4. The van der Waals surface area contributed by atoms with E-state index >= 15 is 0 Å². The zero-order chi connectivity index (χ0) is 21.4. The number of carbonyl (C=O) groups excluding carboxylic acids is 1. The Morgan fingerprint density at radius 2 is 1.74 bits per heavy atom. The molecule has 5 rings (SSSR count). The molecule has 1 aliphatic carbocycles. The van der Waals surface area contributed by atoms with Gasteiger partial charge in [-0.2, -0.15) is 0 Å². The molecule has 4 nitrogen and oxygen atoms in total. The van der Waals surface area contributed by atoms with E-state index in [4.69, 9.17) is 11.6 Å². The van der Waals surface area contributed by atoms with E-state index in [1.165, 1.54) is 12.8 Å². The third kappa shape index (κ3) is 4.35. The average molecular weight is 432 g/mol. The monoisotopic (exact) mass is 431 g/mol. The van der Waals surface area contributed by atoms with E-state index < -0.39 is 0 Å². The van der Waals surface area contributed by atoms with E-state index in [1.807, 2.05) is 41.7 Å². The maximum Gasteiger partial charge on any atom is 0.253 e. The number of likely N-dealkylation sites (tertiary alicyclic amines) is 1. The molecule has 2 aliphatic rings. The molecule has 5 heteroatoms. The quantitative estimate of drug-likeness (QED) is 0.493. The number of pyridine rings is 2. The highest BCUT2D eigenvalue weighted by Crippen LogP contribution is 2.40. The van der Waals surface area contributed by atoms with E-state index in [1.54, 1.807) is 6.07 Å². The van der Waals surface area contributed by atoms with E-state index in [0.717, 1.165) is 53.9 Å². The minimum absolute atomic E-state index is 0.0663. The molecule has 1 aromatic carbocycles. The van der Waals surface area contributed by atoms with E-state index in [2.05, 4.69) is 29.0 Å². The Balaban J connectivity index is 1.40. The summed E-state index contributed by atoms with van der Waals surface area (Å²) >= 11 is 6.63. The van der Waals surface area contributed by atoms with Crippen molar-refractivity contribution < 1.29 is 4.79 Å². The Kier molecular flexibility index (Phi) is 5.49. The van der Waals surface area contributed by atoms with Crippen molar-refractivity contribution in [1.82, 2.24) is 14.9 Å². The van der Waals surface area contributed by atoms with Crippen molar-refractivity contribution in [3.63, 3.8) is 0 Å². The molecule has 0 radical (unpaired) electrons. The molecule has 2 fully saturated rings. The van der Waals surface area contributed by atoms with Crippen LogP contribution >= 0.6 is 11.6 Å². The summed E-state index contributed by atoms with van der Waals surface area (Å²) in [6, 6.07) is 11.9. The molecule has 0 bridgehead atoms. The fraction of sp³-hybridized carbons (Fsp3) is 0.346. The SMILES string of the molecule is CC1CCN(C(=O)c2ccc(-c3cncc(-c4ccnc(C5CC5)c4)c3)c(Cl)c2)CC1. The van der Waals surface area contributed by atoms with Crippen LogP contribution in [-0.2, 0) is 0 Å². The highest BCUT2D eigenvalue weighted by Gasteiger charge is 2.25. The van der Waals surface area contributed by atoms with Gasteiger partial charge in [0.1, 0.15) is 0 Å². The fourth-order valence-electron chi connectivity index (χ4n) is 4.25. The van der Waals surface area contributed by atoms with Crippen LogP contribution in [0.25, 0.3) is 22.3 Å². The van der Waals surface area contributed by atoms with Crippen molar-refractivity contribution >= 4 is 17.5 Å². The van der Waals surface area contributed by atoms with Crippen molar-refractivity contribution in [3.8, 4) is 22.3 Å². The number of amides is 1. The number of hydrogen-bond acceptors (Lipinski definition) is 3. The molecule has 158 valence electrons. The second-order valence-electron chi connectivity index (χ2n) is 8.88. The van der Waals surface area contributed by atoms with Crippen molar-refractivity contribution in [2.45, 2.75) is 38.5 Å². The van der Waals surface area contributed by atoms with Gasteiger partial charge < -0.3 is 4.90 Å². The molecule has 1 amide bonds. The van der Waals surface area contributed by atoms with Gasteiger partial charge in [-0.1, -0.05) is 24.6 Å². The highest BCUT2D eigenvalue weighted by molar-refractivity contribution is 6.33. The minimum atomic E-state index is 0.0663. The van der Waals surface area contributed by atoms with Crippen LogP contribution in [0.5, 0.6) is 0 Å². The first-order valence-corrected chi connectivity index (χ1v) is 11.5. The molecular weight excluding hydrogens is 406 g/mol. The van der Waals surface area contributed by atoms with Crippen LogP contribution < -0.4 is 0 Å². The number of carbonyl (C=O) groups is 1. The first-order valence-electron chi connectivity index (χ1n) is 11.1. The Labute approximate surface area is 188 Å². The summed E-state index contributed by atoms with van der Waals surface area (Å²) in [5, 5.41) is 0.573. The normalized spacial score (nSPS) is 17.0. The lowest BCUT2D eigenvalue weighted by molar-refractivity contribution is 0.0697. The molecule has 2 aromatic heterocycles. The molecule has 0 unspecified atom stereocenters. The maximum atomic E-state index is 12.9. The molecule has 0 atom stereocenters. The number of piperidine rings is 1. The predicted octanol–water partition coefficient (Wildman–Crippen LogP) is 6.21. The topological polar surface area (TPSA) is 46.1 Å². The van der Waals surface area contributed by atoms with Gasteiger partial charge in [0.05, 0.1) is 0 Å². The molecule has 1 saturated carbocycles. The fourth-order valence-corrected chi connectivity index (χ4v) is 4.54. The van der Waals surface area contributed by atoms with Gasteiger partial charge in [-0.15, -0.1) is 0 Å². The predicted molar refractivity (Wildman–Crippen MR) is 124 cm³/mol. The van der Waals surface area contributed by atoms with Gasteiger partial charge in [-0.05, 0) is 67.5 Å². The Bertz CT molecular complexity index is 1120. The summed E-state index contributed by atoms with van der Waals surface area (Å²) in [4.78, 5) is 23.8. The Hall–Kier alpha value is -2.72. The van der Waals surface area contributed by atoms with Crippen molar-refractivity contribution in [2.75, 3.05) is 13.1 Å². The summed E-state index contributed by atoms with van der Waals surface area (Å²) in [6.45, 7) is 3.88. The smallest absolute Gasteiger partial charge is 0.253 e. The van der Waals surface area contributed by atoms with Gasteiger partial charge in [0.15, 0.2) is 0 Å². The van der Waals surface area contributed by atoms with Crippen molar-refractivity contribution in [3.05, 3.63) is 71.3 Å². The summed E-state index contributed by atoms with van der Waals surface area (Å²) in [5.41, 5.74) is 5.80. The lowest BCUT2D eigenvalue weighted by atomic mass is 9.98. The van der Waals surface area contributed by atoms with E-state index in [9.17, 15) is 4.79 Å². The van der Waals surface area contributed by atoms with Gasteiger partial charge in [-0.3, -0.25) is 14.8 Å². The minimum Gasteiger partial charge on any atom is -0.339 e. The van der Waals surface area contributed by atoms with Gasteiger partial charge >= 0.3 is 0 Å². The second kappa shape index (κ2) is 8.43. The molecule has 1 saturated heterocycles. The third-order valence-electron chi connectivity index (χ3n) is 6.45. The van der Waals surface area contributed by atoms with Crippen molar-refractivity contribution in [1.29, 1.82) is 0 Å².